The molecule has 2 heterocycles. The average Bonchev–Trinajstić information content (AvgIpc) is 3.01. The van der Waals surface area contributed by atoms with Crippen molar-refractivity contribution in [1.82, 2.24) is 4.98 Å². The van der Waals surface area contributed by atoms with E-state index in [1.54, 1.807) is 0 Å². The van der Waals surface area contributed by atoms with Crippen molar-refractivity contribution in [3.8, 4) is 22.7 Å². The van der Waals surface area contributed by atoms with Crippen molar-refractivity contribution in [3.63, 3.8) is 0 Å². The van der Waals surface area contributed by atoms with E-state index in [1.807, 2.05) is 49.6 Å². The van der Waals surface area contributed by atoms with Gasteiger partial charge in [0.05, 0.1) is 5.56 Å². The molecule has 0 spiro atoms. The van der Waals surface area contributed by atoms with Crippen molar-refractivity contribution in [2.75, 3.05) is 0 Å². The zero-order valence-electron chi connectivity index (χ0n) is 13.2. The number of hydrogen-bond donors (Lipinski definition) is 0. The second kappa shape index (κ2) is 5.36. The van der Waals surface area contributed by atoms with E-state index in [-0.39, 0.29) is 0 Å². The maximum atomic E-state index is 5.99. The Morgan fingerprint density at radius 3 is 2.43 bits per heavy atom. The molecule has 112 valence electrons. The molecule has 0 bridgehead atoms. The Bertz CT molecular complexity index is 987. The molecule has 0 saturated carbocycles. The van der Waals surface area contributed by atoms with Gasteiger partial charge in [0.25, 0.3) is 0 Å². The first-order valence-corrected chi connectivity index (χ1v) is 7.64. The van der Waals surface area contributed by atoms with E-state index in [9.17, 15) is 0 Å². The van der Waals surface area contributed by atoms with Gasteiger partial charge < -0.3 is 4.42 Å². The van der Waals surface area contributed by atoms with Crippen molar-refractivity contribution in [1.29, 1.82) is 0 Å². The molecular formula is C20H17N2O+. The largest absolute Gasteiger partial charge is 0.436 e. The van der Waals surface area contributed by atoms with Crippen LogP contribution in [0, 0.1) is 6.92 Å². The summed E-state index contributed by atoms with van der Waals surface area (Å²) < 4.78 is 8.09. The molecule has 3 heteroatoms. The Kier molecular flexibility index (Phi) is 3.19. The predicted molar refractivity (Wildman–Crippen MR) is 90.8 cm³/mol. The highest BCUT2D eigenvalue weighted by molar-refractivity contribution is 5.88. The highest BCUT2D eigenvalue weighted by Crippen LogP contribution is 2.30. The van der Waals surface area contributed by atoms with Gasteiger partial charge in [-0.05, 0) is 30.7 Å². The third-order valence-electron chi connectivity index (χ3n) is 4.10. The Morgan fingerprint density at radius 1 is 0.913 bits per heavy atom. The van der Waals surface area contributed by atoms with E-state index in [0.29, 0.717) is 5.89 Å². The van der Waals surface area contributed by atoms with Crippen LogP contribution in [0.25, 0.3) is 33.8 Å². The van der Waals surface area contributed by atoms with Crippen molar-refractivity contribution < 1.29 is 8.98 Å². The molecule has 0 aliphatic carbocycles. The van der Waals surface area contributed by atoms with Gasteiger partial charge in [0, 0.05) is 11.6 Å². The normalized spacial score (nSPS) is 11.0. The fourth-order valence-corrected chi connectivity index (χ4v) is 2.90. The number of nitrogens with zero attached hydrogens (tertiary/aromatic N) is 2. The molecule has 0 N–H and O–H groups in total. The summed E-state index contributed by atoms with van der Waals surface area (Å²) in [6.07, 6.45) is 2.02. The first kappa shape index (κ1) is 13.7. The van der Waals surface area contributed by atoms with Crippen molar-refractivity contribution >= 4 is 11.1 Å². The molecule has 3 nitrogen and oxygen atoms in total. The van der Waals surface area contributed by atoms with E-state index in [1.165, 1.54) is 11.1 Å². The van der Waals surface area contributed by atoms with E-state index < -0.39 is 0 Å². The Labute approximate surface area is 134 Å². The lowest BCUT2D eigenvalue weighted by atomic mass is 10.0. The molecule has 4 aromatic rings. The fourth-order valence-electron chi connectivity index (χ4n) is 2.90. The summed E-state index contributed by atoms with van der Waals surface area (Å²) in [5, 5.41) is 0. The summed E-state index contributed by atoms with van der Waals surface area (Å²) in [6, 6.07) is 20.3. The Hall–Kier alpha value is -2.94. The second-order valence-electron chi connectivity index (χ2n) is 5.69. The van der Waals surface area contributed by atoms with Gasteiger partial charge in [-0.1, -0.05) is 36.4 Å². The van der Waals surface area contributed by atoms with E-state index in [0.717, 1.165) is 22.4 Å². The first-order valence-electron chi connectivity index (χ1n) is 7.64. The maximum Gasteiger partial charge on any atom is 0.242 e. The average molecular weight is 301 g/mol. The lowest BCUT2D eigenvalue weighted by molar-refractivity contribution is -0.659. The standard InChI is InChI=1S/C20H17N2O/c1-14-8-6-7-11-16(14)19-18-17(12-13-22(19)2)23-20(21-18)15-9-4-3-5-10-15/h3-13H,1-2H3/q+1. The number of pyridine rings is 1. The molecule has 0 aliphatic rings. The second-order valence-corrected chi connectivity index (χ2v) is 5.69. The molecule has 0 unspecified atom stereocenters. The van der Waals surface area contributed by atoms with Crippen molar-refractivity contribution in [2.24, 2.45) is 7.05 Å². The summed E-state index contributed by atoms with van der Waals surface area (Å²) in [4.78, 5) is 4.77. The number of hydrogen-bond acceptors (Lipinski definition) is 2. The number of fused-ring (bicyclic) bond motifs is 1. The number of aryl methyl sites for hydroxylation is 2. The number of oxazole rings is 1. The van der Waals surface area contributed by atoms with E-state index >= 15 is 0 Å². The molecule has 4 rings (SSSR count). The number of rotatable bonds is 2. The monoisotopic (exact) mass is 301 g/mol. The van der Waals surface area contributed by atoms with Crippen LogP contribution in [0.5, 0.6) is 0 Å². The predicted octanol–water partition coefficient (Wildman–Crippen LogP) is 4.29. The Morgan fingerprint density at radius 2 is 1.65 bits per heavy atom. The van der Waals surface area contributed by atoms with Crippen LogP contribution in [-0.4, -0.2) is 4.98 Å². The highest BCUT2D eigenvalue weighted by Gasteiger charge is 2.21. The van der Waals surface area contributed by atoms with Gasteiger partial charge in [-0.2, -0.15) is 4.57 Å². The van der Waals surface area contributed by atoms with E-state index in [2.05, 4.69) is 35.8 Å². The molecular weight excluding hydrogens is 284 g/mol. The lowest BCUT2D eigenvalue weighted by Crippen LogP contribution is -2.30. The molecule has 23 heavy (non-hydrogen) atoms. The summed E-state index contributed by atoms with van der Waals surface area (Å²) in [5.74, 6) is 0.654. The SMILES string of the molecule is Cc1ccccc1-c1c2nc(-c3ccccc3)oc2cc[n+]1C. The molecule has 0 saturated heterocycles. The van der Waals surface area contributed by atoms with Gasteiger partial charge in [-0.15, -0.1) is 0 Å². The van der Waals surface area contributed by atoms with Gasteiger partial charge in [-0.3, -0.25) is 0 Å². The van der Waals surface area contributed by atoms with Crippen molar-refractivity contribution in [2.45, 2.75) is 6.92 Å². The van der Waals surface area contributed by atoms with Crippen LogP contribution in [0.4, 0.5) is 0 Å². The molecule has 0 aliphatic heterocycles. The topological polar surface area (TPSA) is 29.9 Å². The molecule has 2 aromatic heterocycles. The third kappa shape index (κ3) is 2.30. The minimum atomic E-state index is 0.654. The van der Waals surface area contributed by atoms with Crippen LogP contribution < -0.4 is 4.57 Å². The quantitative estimate of drug-likeness (QED) is 0.517. The fraction of sp³-hybridized carbons (Fsp3) is 0.100. The van der Waals surface area contributed by atoms with Gasteiger partial charge in [0.2, 0.25) is 11.6 Å². The minimum absolute atomic E-state index is 0.654. The zero-order chi connectivity index (χ0) is 15.8. The van der Waals surface area contributed by atoms with Crippen LogP contribution in [0.3, 0.4) is 0 Å². The number of benzene rings is 2. The molecule has 0 radical (unpaired) electrons. The summed E-state index contributed by atoms with van der Waals surface area (Å²) >= 11 is 0. The molecule has 2 aromatic carbocycles. The summed E-state index contributed by atoms with van der Waals surface area (Å²) in [7, 11) is 2.04. The molecule has 0 amide bonds. The summed E-state index contributed by atoms with van der Waals surface area (Å²) in [5.41, 5.74) is 6.16. The summed E-state index contributed by atoms with van der Waals surface area (Å²) in [6.45, 7) is 2.12. The Balaban J connectivity index is 2.00. The van der Waals surface area contributed by atoms with Gasteiger partial charge in [0.15, 0.2) is 17.3 Å². The van der Waals surface area contributed by atoms with Crippen molar-refractivity contribution in [3.05, 3.63) is 72.4 Å². The smallest absolute Gasteiger partial charge is 0.242 e. The minimum Gasteiger partial charge on any atom is -0.436 e. The van der Waals surface area contributed by atoms with Crippen LogP contribution in [0.1, 0.15) is 5.56 Å². The zero-order valence-corrected chi connectivity index (χ0v) is 13.2. The van der Waals surface area contributed by atoms with Crippen LogP contribution in [0.15, 0.2) is 71.3 Å². The van der Waals surface area contributed by atoms with Gasteiger partial charge >= 0.3 is 0 Å². The van der Waals surface area contributed by atoms with Crippen LogP contribution in [0.2, 0.25) is 0 Å². The van der Waals surface area contributed by atoms with Crippen LogP contribution in [-0.2, 0) is 7.05 Å². The van der Waals surface area contributed by atoms with E-state index in [4.69, 9.17) is 9.40 Å². The van der Waals surface area contributed by atoms with Gasteiger partial charge in [-0.25, -0.2) is 4.98 Å². The van der Waals surface area contributed by atoms with Gasteiger partial charge in [0.1, 0.15) is 7.05 Å². The maximum absolute atomic E-state index is 5.99. The lowest BCUT2D eigenvalue weighted by Gasteiger charge is -2.03. The first-order chi connectivity index (χ1) is 11.2. The highest BCUT2D eigenvalue weighted by atomic mass is 16.3. The van der Waals surface area contributed by atoms with Crippen LogP contribution >= 0.6 is 0 Å². The number of aromatic nitrogens is 2. The molecule has 0 atom stereocenters. The molecule has 0 fully saturated rings. The third-order valence-corrected chi connectivity index (χ3v) is 4.10.